The Kier molecular flexibility index (Phi) is 4.98. The monoisotopic (exact) mass is 328 g/mol. The minimum absolute atomic E-state index is 0.200. The van der Waals surface area contributed by atoms with Crippen molar-refractivity contribution in [3.8, 4) is 0 Å². The van der Waals surface area contributed by atoms with E-state index in [4.69, 9.17) is 5.73 Å². The number of piperidine rings is 1. The third-order valence-electron chi connectivity index (χ3n) is 4.27. The summed E-state index contributed by atoms with van der Waals surface area (Å²) in [7, 11) is 0. The van der Waals surface area contributed by atoms with E-state index in [9.17, 15) is 4.39 Å². The number of rotatable bonds is 3. The number of hydrogen-bond donors (Lipinski definition) is 1. The summed E-state index contributed by atoms with van der Waals surface area (Å²) in [5.74, 6) is 0.382. The topological polar surface area (TPSA) is 29.3 Å². The Morgan fingerprint density at radius 2 is 2.21 bits per heavy atom. The van der Waals surface area contributed by atoms with Crippen LogP contribution in [0.25, 0.3) is 0 Å². The Hall–Kier alpha value is -0.450. The average Bonchev–Trinajstić information content (AvgIpc) is 2.38. The molecule has 1 heterocycles. The minimum Gasteiger partial charge on any atom is -0.330 e. The van der Waals surface area contributed by atoms with Crippen molar-refractivity contribution >= 4 is 15.9 Å². The second-order valence-corrected chi connectivity index (χ2v) is 6.42. The van der Waals surface area contributed by atoms with Crippen LogP contribution in [0.3, 0.4) is 0 Å². The van der Waals surface area contributed by atoms with Crippen LogP contribution in [0, 0.1) is 11.7 Å². The standard InChI is InChI=1S/C15H22BrFN2/c1-10-3-4-12(8-18)9-19(10)11(2)14-6-5-13(17)7-15(14)16/h5-7,10-12H,3-4,8-9,18H2,1-2H3. The predicted molar refractivity (Wildman–Crippen MR) is 80.5 cm³/mol. The van der Waals surface area contributed by atoms with E-state index < -0.39 is 0 Å². The molecule has 1 aliphatic rings. The van der Waals surface area contributed by atoms with Gasteiger partial charge in [-0.15, -0.1) is 0 Å². The average molecular weight is 329 g/mol. The summed E-state index contributed by atoms with van der Waals surface area (Å²) in [6.45, 7) is 6.23. The van der Waals surface area contributed by atoms with Crippen LogP contribution < -0.4 is 5.73 Å². The van der Waals surface area contributed by atoms with Crippen molar-refractivity contribution in [3.05, 3.63) is 34.1 Å². The lowest BCUT2D eigenvalue weighted by atomic mass is 9.91. The number of benzene rings is 1. The van der Waals surface area contributed by atoms with E-state index in [0.717, 1.165) is 23.1 Å². The van der Waals surface area contributed by atoms with Gasteiger partial charge in [0.05, 0.1) is 0 Å². The zero-order chi connectivity index (χ0) is 14.0. The second kappa shape index (κ2) is 6.33. The maximum absolute atomic E-state index is 13.2. The van der Waals surface area contributed by atoms with Crippen LogP contribution in [0.5, 0.6) is 0 Å². The number of nitrogens with zero attached hydrogens (tertiary/aromatic N) is 1. The van der Waals surface area contributed by atoms with Gasteiger partial charge in [-0.3, -0.25) is 4.90 Å². The maximum atomic E-state index is 13.2. The van der Waals surface area contributed by atoms with Gasteiger partial charge in [0, 0.05) is 23.1 Å². The minimum atomic E-state index is -0.200. The smallest absolute Gasteiger partial charge is 0.124 e. The molecule has 1 aromatic rings. The SMILES string of the molecule is CC1CCC(CN)CN1C(C)c1ccc(F)cc1Br. The molecule has 2 nitrogen and oxygen atoms in total. The highest BCUT2D eigenvalue weighted by Gasteiger charge is 2.29. The lowest BCUT2D eigenvalue weighted by Gasteiger charge is -2.41. The molecule has 2 rings (SSSR count). The Morgan fingerprint density at radius 3 is 2.84 bits per heavy atom. The normalized spacial score (nSPS) is 26.4. The molecule has 3 atom stereocenters. The Labute approximate surface area is 123 Å². The molecule has 0 amide bonds. The van der Waals surface area contributed by atoms with E-state index in [1.807, 2.05) is 6.07 Å². The number of hydrogen-bond acceptors (Lipinski definition) is 2. The molecule has 0 aliphatic carbocycles. The van der Waals surface area contributed by atoms with Crippen molar-refractivity contribution < 1.29 is 4.39 Å². The molecule has 4 heteroatoms. The van der Waals surface area contributed by atoms with Crippen molar-refractivity contribution in [2.24, 2.45) is 11.7 Å². The van der Waals surface area contributed by atoms with Crippen molar-refractivity contribution in [1.29, 1.82) is 0 Å². The molecule has 1 saturated heterocycles. The highest BCUT2D eigenvalue weighted by Crippen LogP contribution is 2.33. The summed E-state index contributed by atoms with van der Waals surface area (Å²) in [4.78, 5) is 2.49. The molecule has 0 aromatic heterocycles. The molecule has 0 bridgehead atoms. The van der Waals surface area contributed by atoms with Crippen molar-refractivity contribution in [2.75, 3.05) is 13.1 Å². The Balaban J connectivity index is 2.19. The fourth-order valence-electron chi connectivity index (χ4n) is 2.96. The number of likely N-dealkylation sites (tertiary alicyclic amines) is 1. The fraction of sp³-hybridized carbons (Fsp3) is 0.600. The van der Waals surface area contributed by atoms with Gasteiger partial charge in [-0.05, 0) is 56.8 Å². The first-order valence-corrected chi connectivity index (χ1v) is 7.73. The first kappa shape index (κ1) is 14.9. The Morgan fingerprint density at radius 1 is 1.47 bits per heavy atom. The summed E-state index contributed by atoms with van der Waals surface area (Å²) in [5.41, 5.74) is 6.96. The van der Waals surface area contributed by atoms with Crippen LogP contribution in [-0.2, 0) is 0 Å². The summed E-state index contributed by atoms with van der Waals surface area (Å²) >= 11 is 3.48. The number of nitrogens with two attached hydrogens (primary N) is 1. The number of halogens is 2. The van der Waals surface area contributed by atoms with Gasteiger partial charge in [-0.2, -0.15) is 0 Å². The molecule has 0 saturated carbocycles. The van der Waals surface area contributed by atoms with E-state index in [-0.39, 0.29) is 11.9 Å². The molecule has 0 spiro atoms. The van der Waals surface area contributed by atoms with Crippen molar-refractivity contribution in [2.45, 2.75) is 38.8 Å². The molecule has 2 N–H and O–H groups in total. The van der Waals surface area contributed by atoms with Crippen LogP contribution in [0.15, 0.2) is 22.7 Å². The molecule has 3 unspecified atom stereocenters. The molecular weight excluding hydrogens is 307 g/mol. The van der Waals surface area contributed by atoms with E-state index in [0.29, 0.717) is 12.0 Å². The molecule has 1 fully saturated rings. The summed E-state index contributed by atoms with van der Waals surface area (Å²) < 4.78 is 14.0. The van der Waals surface area contributed by atoms with Gasteiger partial charge in [0.2, 0.25) is 0 Å². The highest BCUT2D eigenvalue weighted by molar-refractivity contribution is 9.10. The molecule has 106 valence electrons. The van der Waals surface area contributed by atoms with Crippen LogP contribution in [-0.4, -0.2) is 24.0 Å². The molecule has 1 aromatic carbocycles. The molecular formula is C15H22BrFN2. The highest BCUT2D eigenvalue weighted by atomic mass is 79.9. The van der Waals surface area contributed by atoms with E-state index in [1.54, 1.807) is 6.07 Å². The second-order valence-electron chi connectivity index (χ2n) is 5.57. The van der Waals surface area contributed by atoms with Crippen LogP contribution in [0.2, 0.25) is 0 Å². The zero-order valence-electron chi connectivity index (χ0n) is 11.6. The van der Waals surface area contributed by atoms with Crippen LogP contribution in [0.4, 0.5) is 4.39 Å². The largest absolute Gasteiger partial charge is 0.330 e. The summed E-state index contributed by atoms with van der Waals surface area (Å²) in [6.07, 6.45) is 2.40. The van der Waals surface area contributed by atoms with E-state index in [1.165, 1.54) is 18.9 Å². The van der Waals surface area contributed by atoms with Gasteiger partial charge in [-0.25, -0.2) is 4.39 Å². The third-order valence-corrected chi connectivity index (χ3v) is 4.96. The van der Waals surface area contributed by atoms with Gasteiger partial charge >= 0.3 is 0 Å². The van der Waals surface area contributed by atoms with E-state index in [2.05, 4.69) is 34.7 Å². The lowest BCUT2D eigenvalue weighted by molar-refractivity contribution is 0.0809. The molecule has 19 heavy (non-hydrogen) atoms. The van der Waals surface area contributed by atoms with Gasteiger partial charge in [0.25, 0.3) is 0 Å². The lowest BCUT2D eigenvalue weighted by Crippen LogP contribution is -2.45. The first-order valence-electron chi connectivity index (χ1n) is 6.93. The zero-order valence-corrected chi connectivity index (χ0v) is 13.2. The van der Waals surface area contributed by atoms with Gasteiger partial charge in [-0.1, -0.05) is 22.0 Å². The fourth-order valence-corrected chi connectivity index (χ4v) is 3.65. The molecule has 1 aliphatic heterocycles. The van der Waals surface area contributed by atoms with Gasteiger partial charge < -0.3 is 5.73 Å². The predicted octanol–water partition coefficient (Wildman–Crippen LogP) is 3.71. The van der Waals surface area contributed by atoms with Gasteiger partial charge in [0.1, 0.15) is 5.82 Å². The van der Waals surface area contributed by atoms with Crippen molar-refractivity contribution in [3.63, 3.8) is 0 Å². The first-order chi connectivity index (χ1) is 9.02. The van der Waals surface area contributed by atoms with Gasteiger partial charge in [0.15, 0.2) is 0 Å². The summed E-state index contributed by atoms with van der Waals surface area (Å²) in [5, 5.41) is 0. The quantitative estimate of drug-likeness (QED) is 0.916. The summed E-state index contributed by atoms with van der Waals surface area (Å²) in [6, 6.07) is 5.78. The van der Waals surface area contributed by atoms with Crippen LogP contribution >= 0.6 is 15.9 Å². The van der Waals surface area contributed by atoms with E-state index >= 15 is 0 Å². The van der Waals surface area contributed by atoms with Crippen molar-refractivity contribution in [1.82, 2.24) is 4.90 Å². The van der Waals surface area contributed by atoms with Crippen LogP contribution in [0.1, 0.15) is 38.3 Å². The third kappa shape index (κ3) is 3.36. The Bertz CT molecular complexity index is 438. The maximum Gasteiger partial charge on any atom is 0.124 e. The molecule has 0 radical (unpaired) electrons.